The van der Waals surface area contributed by atoms with E-state index in [0.29, 0.717) is 17.2 Å². The number of Topliss-reactive ketones (excluding diaryl/α,β-unsaturated/α-hetero) is 1. The van der Waals surface area contributed by atoms with Crippen LogP contribution < -0.4 is 0 Å². The number of nitrogens with zero attached hydrogens (tertiary/aromatic N) is 2. The van der Waals surface area contributed by atoms with Crippen LogP contribution in [0.5, 0.6) is 0 Å². The number of hydrogen-bond acceptors (Lipinski definition) is 3. The Morgan fingerprint density at radius 1 is 1.64 bits per heavy atom. The van der Waals surface area contributed by atoms with Gasteiger partial charge >= 0.3 is 0 Å². The Kier molecular flexibility index (Phi) is 2.05. The predicted molar refractivity (Wildman–Crippen MR) is 50.9 cm³/mol. The molecule has 0 atom stereocenters. The van der Waals surface area contributed by atoms with Crippen molar-refractivity contribution >= 4 is 5.78 Å². The van der Waals surface area contributed by atoms with Crippen molar-refractivity contribution in [3.05, 3.63) is 29.1 Å². The molecule has 70 valence electrons. The number of nitriles is 1. The van der Waals surface area contributed by atoms with Crippen molar-refractivity contribution in [2.24, 2.45) is 0 Å². The topological polar surface area (TPSA) is 53.8 Å². The highest BCUT2D eigenvalue weighted by molar-refractivity contribution is 5.94. The highest BCUT2D eigenvalue weighted by Gasteiger charge is 2.28. The van der Waals surface area contributed by atoms with Crippen molar-refractivity contribution in [3.8, 4) is 6.07 Å². The molecule has 1 aliphatic carbocycles. The van der Waals surface area contributed by atoms with Crippen LogP contribution in [0.1, 0.15) is 47.3 Å². The SMILES string of the molecule is CC(=O)c1ncc(C#N)cc1C1CC1. The maximum absolute atomic E-state index is 11.3. The van der Waals surface area contributed by atoms with Crippen molar-refractivity contribution in [1.29, 1.82) is 5.26 Å². The van der Waals surface area contributed by atoms with E-state index in [9.17, 15) is 4.79 Å². The van der Waals surface area contributed by atoms with E-state index in [-0.39, 0.29) is 5.78 Å². The molecule has 0 spiro atoms. The van der Waals surface area contributed by atoms with Crippen LogP contribution in [0.3, 0.4) is 0 Å². The molecular weight excluding hydrogens is 176 g/mol. The molecule has 0 amide bonds. The number of rotatable bonds is 2. The summed E-state index contributed by atoms with van der Waals surface area (Å²) in [5.41, 5.74) is 2.03. The van der Waals surface area contributed by atoms with Crippen molar-refractivity contribution < 1.29 is 4.79 Å². The van der Waals surface area contributed by atoms with Gasteiger partial charge in [0.15, 0.2) is 5.78 Å². The van der Waals surface area contributed by atoms with Crippen LogP contribution in [-0.4, -0.2) is 10.8 Å². The molecule has 2 rings (SSSR count). The van der Waals surface area contributed by atoms with Crippen molar-refractivity contribution in [1.82, 2.24) is 4.98 Å². The van der Waals surface area contributed by atoms with Gasteiger partial charge in [0.25, 0.3) is 0 Å². The molecule has 14 heavy (non-hydrogen) atoms. The van der Waals surface area contributed by atoms with Gasteiger partial charge < -0.3 is 0 Å². The van der Waals surface area contributed by atoms with Gasteiger partial charge in [-0.2, -0.15) is 5.26 Å². The molecule has 0 aromatic carbocycles. The normalized spacial score (nSPS) is 14.9. The third kappa shape index (κ3) is 1.51. The van der Waals surface area contributed by atoms with Gasteiger partial charge in [-0.1, -0.05) is 0 Å². The molecule has 0 bridgehead atoms. The third-order valence-corrected chi connectivity index (χ3v) is 2.40. The molecular formula is C11H10N2O. The molecule has 1 heterocycles. The first-order valence-corrected chi connectivity index (χ1v) is 4.63. The molecule has 1 fully saturated rings. The molecule has 3 nitrogen and oxygen atoms in total. The zero-order chi connectivity index (χ0) is 10.1. The zero-order valence-electron chi connectivity index (χ0n) is 7.95. The smallest absolute Gasteiger partial charge is 0.178 e. The first-order valence-electron chi connectivity index (χ1n) is 4.63. The molecule has 0 N–H and O–H groups in total. The third-order valence-electron chi connectivity index (χ3n) is 2.40. The molecule has 0 unspecified atom stereocenters. The second kappa shape index (κ2) is 3.22. The maximum atomic E-state index is 11.3. The molecule has 1 saturated carbocycles. The van der Waals surface area contributed by atoms with Gasteiger partial charge in [0.05, 0.1) is 5.56 Å². The Labute approximate surface area is 82.4 Å². The van der Waals surface area contributed by atoms with Gasteiger partial charge in [-0.25, -0.2) is 0 Å². The van der Waals surface area contributed by atoms with E-state index in [2.05, 4.69) is 4.98 Å². The van der Waals surface area contributed by atoms with E-state index in [1.165, 1.54) is 13.1 Å². The minimum absolute atomic E-state index is 0.0172. The Bertz CT molecular complexity index is 427. The molecule has 1 aromatic heterocycles. The largest absolute Gasteiger partial charge is 0.293 e. The van der Waals surface area contributed by atoms with Gasteiger partial charge in [0, 0.05) is 13.1 Å². The van der Waals surface area contributed by atoms with E-state index in [1.807, 2.05) is 6.07 Å². The summed E-state index contributed by atoms with van der Waals surface area (Å²) in [5, 5.41) is 8.72. The standard InChI is InChI=1S/C11H10N2O/c1-7(14)11-10(9-2-3-9)4-8(5-12)6-13-11/h4,6,9H,2-3H2,1H3. The summed E-state index contributed by atoms with van der Waals surface area (Å²) in [7, 11) is 0. The monoisotopic (exact) mass is 186 g/mol. The maximum Gasteiger partial charge on any atom is 0.178 e. The summed E-state index contributed by atoms with van der Waals surface area (Å²) in [5.74, 6) is 0.436. The minimum atomic E-state index is -0.0172. The number of aromatic nitrogens is 1. The van der Waals surface area contributed by atoms with Crippen molar-refractivity contribution in [3.63, 3.8) is 0 Å². The number of ketones is 1. The molecule has 1 aliphatic rings. The molecule has 0 aliphatic heterocycles. The van der Waals surface area contributed by atoms with E-state index >= 15 is 0 Å². The van der Waals surface area contributed by atoms with Crippen LogP contribution in [-0.2, 0) is 0 Å². The first kappa shape index (κ1) is 8.89. The average Bonchev–Trinajstić information content (AvgIpc) is 3.00. The lowest BCUT2D eigenvalue weighted by molar-refractivity contribution is 0.101. The Hall–Kier alpha value is -1.69. The average molecular weight is 186 g/mol. The fourth-order valence-corrected chi connectivity index (χ4v) is 1.54. The highest BCUT2D eigenvalue weighted by Crippen LogP contribution is 2.41. The van der Waals surface area contributed by atoms with Gasteiger partial charge in [-0.15, -0.1) is 0 Å². The molecule has 0 radical (unpaired) electrons. The Balaban J connectivity index is 2.50. The summed E-state index contributed by atoms with van der Waals surface area (Å²) >= 11 is 0. The lowest BCUT2D eigenvalue weighted by atomic mass is 10.0. The zero-order valence-corrected chi connectivity index (χ0v) is 7.95. The molecule has 3 heteroatoms. The van der Waals surface area contributed by atoms with E-state index in [1.54, 1.807) is 6.07 Å². The highest BCUT2D eigenvalue weighted by atomic mass is 16.1. The van der Waals surface area contributed by atoms with Crippen molar-refractivity contribution in [2.75, 3.05) is 0 Å². The van der Waals surface area contributed by atoms with Gasteiger partial charge in [0.2, 0.25) is 0 Å². The Morgan fingerprint density at radius 3 is 2.86 bits per heavy atom. The molecule has 0 saturated heterocycles. The number of carbonyl (C=O) groups excluding carboxylic acids is 1. The summed E-state index contributed by atoms with van der Waals surface area (Å²) < 4.78 is 0. The fraction of sp³-hybridized carbons (Fsp3) is 0.364. The van der Waals surface area contributed by atoms with E-state index in [4.69, 9.17) is 5.26 Å². The lowest BCUT2D eigenvalue weighted by Crippen LogP contribution is -2.02. The van der Waals surface area contributed by atoms with Crippen LogP contribution in [0.25, 0.3) is 0 Å². The van der Waals surface area contributed by atoms with E-state index in [0.717, 1.165) is 18.4 Å². The van der Waals surface area contributed by atoms with Gasteiger partial charge in [-0.3, -0.25) is 9.78 Å². The number of carbonyl (C=O) groups is 1. The Morgan fingerprint density at radius 2 is 2.36 bits per heavy atom. The lowest BCUT2D eigenvalue weighted by Gasteiger charge is -2.03. The number of pyridine rings is 1. The van der Waals surface area contributed by atoms with Crippen LogP contribution in [0, 0.1) is 11.3 Å². The van der Waals surface area contributed by atoms with Gasteiger partial charge in [-0.05, 0) is 30.4 Å². The second-order valence-corrected chi connectivity index (χ2v) is 3.60. The van der Waals surface area contributed by atoms with E-state index < -0.39 is 0 Å². The van der Waals surface area contributed by atoms with Crippen LogP contribution >= 0.6 is 0 Å². The van der Waals surface area contributed by atoms with Crippen LogP contribution in [0.15, 0.2) is 12.3 Å². The summed E-state index contributed by atoms with van der Waals surface area (Å²) in [6.45, 7) is 1.51. The summed E-state index contributed by atoms with van der Waals surface area (Å²) in [6, 6.07) is 3.84. The quantitative estimate of drug-likeness (QED) is 0.664. The van der Waals surface area contributed by atoms with Crippen molar-refractivity contribution in [2.45, 2.75) is 25.7 Å². The summed E-state index contributed by atoms with van der Waals surface area (Å²) in [6.07, 6.45) is 3.68. The fourth-order valence-electron chi connectivity index (χ4n) is 1.54. The summed E-state index contributed by atoms with van der Waals surface area (Å²) in [4.78, 5) is 15.3. The second-order valence-electron chi connectivity index (χ2n) is 3.60. The van der Waals surface area contributed by atoms with Crippen LogP contribution in [0.4, 0.5) is 0 Å². The minimum Gasteiger partial charge on any atom is -0.293 e. The number of hydrogen-bond donors (Lipinski definition) is 0. The first-order chi connectivity index (χ1) is 6.72. The van der Waals surface area contributed by atoms with Gasteiger partial charge in [0.1, 0.15) is 11.8 Å². The molecule has 1 aromatic rings. The van der Waals surface area contributed by atoms with Crippen LogP contribution in [0.2, 0.25) is 0 Å². The predicted octanol–water partition coefficient (Wildman–Crippen LogP) is 2.03.